The van der Waals surface area contributed by atoms with Gasteiger partial charge >= 0.3 is 0 Å². The van der Waals surface area contributed by atoms with Gasteiger partial charge in [0.05, 0.1) is 33.1 Å². The van der Waals surface area contributed by atoms with Gasteiger partial charge in [0.15, 0.2) is 0 Å². The Bertz CT molecular complexity index is 2590. The number of aryl methyl sites for hydroxylation is 2. The van der Waals surface area contributed by atoms with Gasteiger partial charge in [-0.05, 0) is 61.4 Å². The van der Waals surface area contributed by atoms with E-state index in [1.165, 1.54) is 21.9 Å². The van der Waals surface area contributed by atoms with Crippen molar-refractivity contribution < 1.29 is 0 Å². The van der Waals surface area contributed by atoms with E-state index in [4.69, 9.17) is 15.0 Å². The molecule has 0 aliphatic carbocycles. The summed E-state index contributed by atoms with van der Waals surface area (Å²) in [6.45, 7) is 4.26. The van der Waals surface area contributed by atoms with Crippen LogP contribution in [0.2, 0.25) is 0 Å². The zero-order valence-electron chi connectivity index (χ0n) is 25.9. The third kappa shape index (κ3) is 3.69. The molecule has 0 fully saturated rings. The van der Waals surface area contributed by atoms with E-state index in [0.29, 0.717) is 17.8 Å². The highest BCUT2D eigenvalue weighted by molar-refractivity contribution is 6.11. The van der Waals surface area contributed by atoms with Gasteiger partial charge in [-0.15, -0.1) is 0 Å². The van der Waals surface area contributed by atoms with Crippen LogP contribution in [-0.2, 0) is 0 Å². The molecule has 0 radical (unpaired) electrons. The van der Waals surface area contributed by atoms with Crippen molar-refractivity contribution in [3.63, 3.8) is 0 Å². The highest BCUT2D eigenvalue weighted by Gasteiger charge is 2.22. The molecule has 10 aromatic rings. The standard InChI is InChI=1S/C41H28N6/c1-25-19-21-31-32-22-20-26(2)24-38(32)47(37(31)23-25)41-43-39(45-33-15-7-3-11-27(33)28-12-4-8-16-34(28)45)42-40(44-41)46-35-17-9-5-13-29(35)30-14-6-10-18-36(30)46/h3-24H,1-2H3. The monoisotopic (exact) mass is 604 g/mol. The molecule has 0 saturated heterocycles. The summed E-state index contributed by atoms with van der Waals surface area (Å²) in [5, 5.41) is 6.97. The van der Waals surface area contributed by atoms with Gasteiger partial charge in [0.25, 0.3) is 0 Å². The summed E-state index contributed by atoms with van der Waals surface area (Å²) in [5.41, 5.74) is 8.69. The van der Waals surface area contributed by atoms with E-state index in [0.717, 1.165) is 54.6 Å². The van der Waals surface area contributed by atoms with Crippen LogP contribution >= 0.6 is 0 Å². The van der Waals surface area contributed by atoms with E-state index in [1.807, 2.05) is 0 Å². The van der Waals surface area contributed by atoms with Crippen molar-refractivity contribution in [1.29, 1.82) is 0 Å². The molecule has 6 aromatic carbocycles. The molecule has 222 valence electrons. The summed E-state index contributed by atoms with van der Waals surface area (Å²) in [7, 11) is 0. The van der Waals surface area contributed by atoms with Gasteiger partial charge in [0.2, 0.25) is 17.8 Å². The van der Waals surface area contributed by atoms with Crippen molar-refractivity contribution in [3.8, 4) is 17.8 Å². The zero-order valence-corrected chi connectivity index (χ0v) is 25.9. The van der Waals surface area contributed by atoms with Crippen molar-refractivity contribution >= 4 is 65.4 Å². The molecule has 47 heavy (non-hydrogen) atoms. The van der Waals surface area contributed by atoms with E-state index < -0.39 is 0 Å². The highest BCUT2D eigenvalue weighted by Crippen LogP contribution is 2.36. The molecule has 0 atom stereocenters. The van der Waals surface area contributed by atoms with Gasteiger partial charge < -0.3 is 0 Å². The summed E-state index contributed by atoms with van der Waals surface area (Å²) >= 11 is 0. The first kappa shape index (κ1) is 26.0. The lowest BCUT2D eigenvalue weighted by Crippen LogP contribution is -2.13. The number of benzene rings is 6. The Balaban J connectivity index is 1.39. The summed E-state index contributed by atoms with van der Waals surface area (Å²) in [6, 6.07) is 47.1. The fourth-order valence-electron chi connectivity index (χ4n) is 7.37. The number of rotatable bonds is 3. The molecule has 0 saturated carbocycles. The minimum atomic E-state index is 0.569. The van der Waals surface area contributed by atoms with E-state index in [9.17, 15) is 0 Å². The second kappa shape index (κ2) is 9.61. The summed E-state index contributed by atoms with van der Waals surface area (Å²) in [4.78, 5) is 16.0. The fraction of sp³-hybridized carbons (Fsp3) is 0.0488. The first-order chi connectivity index (χ1) is 23.1. The Morgan fingerprint density at radius 2 is 0.596 bits per heavy atom. The molecule has 0 amide bonds. The second-order valence-electron chi connectivity index (χ2n) is 12.4. The van der Waals surface area contributed by atoms with Crippen LogP contribution in [-0.4, -0.2) is 28.7 Å². The Hall–Kier alpha value is -6.27. The van der Waals surface area contributed by atoms with Crippen LogP contribution in [0.15, 0.2) is 133 Å². The van der Waals surface area contributed by atoms with Gasteiger partial charge in [-0.1, -0.05) is 97.1 Å². The maximum Gasteiger partial charge on any atom is 0.241 e. The molecule has 0 unspecified atom stereocenters. The van der Waals surface area contributed by atoms with E-state index in [-0.39, 0.29) is 0 Å². The van der Waals surface area contributed by atoms with Crippen LogP contribution in [0.1, 0.15) is 11.1 Å². The van der Waals surface area contributed by atoms with E-state index >= 15 is 0 Å². The van der Waals surface area contributed by atoms with Crippen LogP contribution in [0.5, 0.6) is 0 Å². The minimum absolute atomic E-state index is 0.569. The molecule has 4 heterocycles. The van der Waals surface area contributed by atoms with Gasteiger partial charge in [-0.3, -0.25) is 13.7 Å². The highest BCUT2D eigenvalue weighted by atomic mass is 15.3. The third-order valence-corrected chi connectivity index (χ3v) is 9.44. The van der Waals surface area contributed by atoms with Crippen LogP contribution in [0.3, 0.4) is 0 Å². The number of nitrogens with zero attached hydrogens (tertiary/aromatic N) is 6. The molecule has 0 aliphatic rings. The number of fused-ring (bicyclic) bond motifs is 9. The van der Waals surface area contributed by atoms with Crippen LogP contribution in [0.25, 0.3) is 83.3 Å². The van der Waals surface area contributed by atoms with Crippen molar-refractivity contribution in [2.75, 3.05) is 0 Å². The average molecular weight is 605 g/mol. The maximum atomic E-state index is 5.34. The molecular weight excluding hydrogens is 576 g/mol. The lowest BCUT2D eigenvalue weighted by Gasteiger charge is -2.14. The van der Waals surface area contributed by atoms with Gasteiger partial charge in [-0.2, -0.15) is 15.0 Å². The van der Waals surface area contributed by atoms with Crippen molar-refractivity contribution in [1.82, 2.24) is 28.7 Å². The quantitative estimate of drug-likeness (QED) is 0.202. The number of para-hydroxylation sites is 4. The van der Waals surface area contributed by atoms with Crippen molar-refractivity contribution in [2.24, 2.45) is 0 Å². The summed E-state index contributed by atoms with van der Waals surface area (Å²) < 4.78 is 6.57. The molecule has 4 aromatic heterocycles. The SMILES string of the molecule is Cc1ccc2c3ccc(C)cc3n(-c3nc(-n4c5ccccc5c5ccccc54)nc(-n4c5ccccc5c5ccccc54)n3)c2c1. The average Bonchev–Trinajstić information content (AvgIpc) is 3.73. The van der Waals surface area contributed by atoms with Crippen molar-refractivity contribution in [2.45, 2.75) is 13.8 Å². The molecule has 10 rings (SSSR count). The first-order valence-corrected chi connectivity index (χ1v) is 15.9. The molecule has 0 spiro atoms. The molecule has 6 heteroatoms. The summed E-state index contributed by atoms with van der Waals surface area (Å²) in [6.07, 6.45) is 0. The Labute approximate surface area is 269 Å². The first-order valence-electron chi connectivity index (χ1n) is 15.9. The van der Waals surface area contributed by atoms with Crippen LogP contribution in [0.4, 0.5) is 0 Å². The zero-order chi connectivity index (χ0) is 31.2. The van der Waals surface area contributed by atoms with E-state index in [2.05, 4.69) is 161 Å². The molecule has 0 N–H and O–H groups in total. The number of aromatic nitrogens is 6. The third-order valence-electron chi connectivity index (χ3n) is 9.44. The fourth-order valence-corrected chi connectivity index (χ4v) is 7.37. The molecule has 6 nitrogen and oxygen atoms in total. The Morgan fingerprint density at radius 1 is 0.319 bits per heavy atom. The number of hydrogen-bond acceptors (Lipinski definition) is 3. The van der Waals surface area contributed by atoms with Gasteiger partial charge in [0, 0.05) is 32.3 Å². The molecule has 0 aliphatic heterocycles. The minimum Gasteiger partial charge on any atom is -0.278 e. The predicted molar refractivity (Wildman–Crippen MR) is 192 cm³/mol. The van der Waals surface area contributed by atoms with Gasteiger partial charge in [-0.25, -0.2) is 0 Å². The lowest BCUT2D eigenvalue weighted by molar-refractivity contribution is 0.847. The predicted octanol–water partition coefficient (Wildman–Crippen LogP) is 9.78. The Kier molecular flexibility index (Phi) is 5.32. The summed E-state index contributed by atoms with van der Waals surface area (Å²) in [5.74, 6) is 1.71. The Morgan fingerprint density at radius 3 is 0.936 bits per heavy atom. The molecular formula is C41H28N6. The number of hydrogen-bond donors (Lipinski definition) is 0. The normalized spacial score (nSPS) is 12.0. The van der Waals surface area contributed by atoms with E-state index in [1.54, 1.807) is 0 Å². The topological polar surface area (TPSA) is 53.5 Å². The van der Waals surface area contributed by atoms with Crippen molar-refractivity contribution in [3.05, 3.63) is 145 Å². The second-order valence-corrected chi connectivity index (χ2v) is 12.4. The largest absolute Gasteiger partial charge is 0.278 e. The van der Waals surface area contributed by atoms with Gasteiger partial charge in [0.1, 0.15) is 0 Å². The van der Waals surface area contributed by atoms with Crippen LogP contribution < -0.4 is 0 Å². The molecule has 0 bridgehead atoms. The maximum absolute atomic E-state index is 5.34. The smallest absolute Gasteiger partial charge is 0.241 e. The lowest BCUT2D eigenvalue weighted by atomic mass is 10.1. The van der Waals surface area contributed by atoms with Crippen LogP contribution in [0, 0.1) is 13.8 Å².